The van der Waals surface area contributed by atoms with Crippen molar-refractivity contribution in [2.75, 3.05) is 11.9 Å². The lowest BCUT2D eigenvalue weighted by Crippen LogP contribution is -2.38. The van der Waals surface area contributed by atoms with Gasteiger partial charge in [0.15, 0.2) is 0 Å². The molecule has 1 aromatic heterocycles. The van der Waals surface area contributed by atoms with Gasteiger partial charge in [-0.1, -0.05) is 72.8 Å². The molecule has 2 amide bonds. The van der Waals surface area contributed by atoms with E-state index in [0.29, 0.717) is 49.8 Å². The molecule has 1 saturated carbocycles. The minimum atomic E-state index is -0.920. The van der Waals surface area contributed by atoms with E-state index < -0.39 is 41.9 Å². The predicted molar refractivity (Wildman–Crippen MR) is 225 cm³/mol. The van der Waals surface area contributed by atoms with E-state index in [2.05, 4.69) is 15.6 Å². The van der Waals surface area contributed by atoms with Crippen molar-refractivity contribution >= 4 is 34.4 Å². The van der Waals surface area contributed by atoms with Crippen LogP contribution in [-0.2, 0) is 27.2 Å². The number of allylic oxidation sites excluding steroid dienone is 2. The average Bonchev–Trinajstić information content (AvgIpc) is 3.45. The van der Waals surface area contributed by atoms with Crippen molar-refractivity contribution in [2.24, 2.45) is 17.8 Å². The number of rotatable bonds is 19. The maximum Gasteiger partial charge on any atom is 0.407 e. The van der Waals surface area contributed by atoms with Crippen LogP contribution in [0.2, 0.25) is 0 Å². The lowest BCUT2D eigenvalue weighted by Gasteiger charge is -2.25. The number of alkyl carbamates (subject to hydrolysis) is 1. The molecule has 310 valence electrons. The molecule has 1 fully saturated rings. The Morgan fingerprint density at radius 3 is 2.41 bits per heavy atom. The molecule has 11 heteroatoms. The second-order valence-corrected chi connectivity index (χ2v) is 16.6. The molecule has 2 unspecified atom stereocenters. The van der Waals surface area contributed by atoms with Gasteiger partial charge in [0.25, 0.3) is 0 Å². The molecule has 6 N–H and O–H groups in total. The number of carboxylic acid groups (broad SMARTS) is 1. The standard InChI is InChI=1S/C47H59N3O8/c1-47(2,3)58-46(57)49-30-41(45(56)50-36-19-18-35-29-48-25-24-33(35)27-36)38-14-8-7-13-34(38)26-32(17-23-44(54)55)12-9-15-39-40(43(53)28-42(39)52)22-21-37(51)20-16-31-10-5-4-6-11-31/h4-14,18-19,24-25,27,29,32,37,39-43,51-53H,15-17,20-23,26,28,30H2,1-3H3,(H,49,57)(H,50,56)(H,54,55)/b12-9-/t32?,37-,39+,40+,41?,42-,43+/m0/s1. The fourth-order valence-corrected chi connectivity index (χ4v) is 7.99. The molecule has 58 heavy (non-hydrogen) atoms. The Morgan fingerprint density at radius 2 is 1.66 bits per heavy atom. The highest BCUT2D eigenvalue weighted by molar-refractivity contribution is 5.98. The number of ether oxygens (including phenoxy) is 1. The van der Waals surface area contributed by atoms with Gasteiger partial charge in [-0.3, -0.25) is 14.6 Å². The Labute approximate surface area is 341 Å². The van der Waals surface area contributed by atoms with Crippen LogP contribution in [-0.4, -0.2) is 73.8 Å². The number of benzene rings is 3. The number of carbonyl (C=O) groups is 3. The van der Waals surface area contributed by atoms with Crippen LogP contribution in [0.5, 0.6) is 0 Å². The number of aliphatic carboxylic acids is 1. The van der Waals surface area contributed by atoms with Crippen LogP contribution in [0.1, 0.15) is 88.3 Å². The first kappa shape index (κ1) is 44.0. The van der Waals surface area contributed by atoms with Crippen LogP contribution in [0.25, 0.3) is 10.8 Å². The average molecular weight is 794 g/mol. The topological polar surface area (TPSA) is 178 Å². The number of carbonyl (C=O) groups excluding carboxylic acids is 2. The number of aromatic nitrogens is 1. The van der Waals surface area contributed by atoms with E-state index in [1.807, 2.05) is 84.9 Å². The van der Waals surface area contributed by atoms with Crippen LogP contribution in [0, 0.1) is 17.8 Å². The number of hydrogen-bond acceptors (Lipinski definition) is 8. The summed E-state index contributed by atoms with van der Waals surface area (Å²) in [5.41, 5.74) is 2.54. The van der Waals surface area contributed by atoms with Crippen molar-refractivity contribution in [3.05, 3.63) is 120 Å². The fourth-order valence-electron chi connectivity index (χ4n) is 7.99. The van der Waals surface area contributed by atoms with Gasteiger partial charge in [0.05, 0.1) is 24.2 Å². The monoisotopic (exact) mass is 793 g/mol. The highest BCUT2D eigenvalue weighted by Gasteiger charge is 2.40. The molecule has 0 aliphatic heterocycles. The summed E-state index contributed by atoms with van der Waals surface area (Å²) in [7, 11) is 0. The van der Waals surface area contributed by atoms with Gasteiger partial charge in [-0.2, -0.15) is 0 Å². The summed E-state index contributed by atoms with van der Waals surface area (Å²) in [6.45, 7) is 5.25. The van der Waals surface area contributed by atoms with Gasteiger partial charge in [0, 0.05) is 36.4 Å². The SMILES string of the molecule is CC(C)(C)OC(=O)NCC(C(=O)Nc1ccc2cnccc2c1)c1ccccc1CC(/C=C\C[C@@H]1[C@@H](CC[C@@H](O)CCc2ccccc2)[C@H](O)C[C@@H]1O)CCC(=O)O. The highest BCUT2D eigenvalue weighted by atomic mass is 16.6. The Bertz CT molecular complexity index is 1980. The van der Waals surface area contributed by atoms with Crippen LogP contribution in [0.4, 0.5) is 10.5 Å². The normalized spacial score (nSPS) is 19.8. The molecule has 11 nitrogen and oxygen atoms in total. The number of aliphatic hydroxyl groups excluding tert-OH is 3. The molecular weight excluding hydrogens is 735 g/mol. The largest absolute Gasteiger partial charge is 0.481 e. The van der Waals surface area contributed by atoms with Gasteiger partial charge in [-0.05, 0) is 130 Å². The Balaban J connectivity index is 1.31. The van der Waals surface area contributed by atoms with Crippen molar-refractivity contribution < 1.29 is 39.5 Å². The second kappa shape index (κ2) is 21.1. The predicted octanol–water partition coefficient (Wildman–Crippen LogP) is 7.58. The molecule has 0 bridgehead atoms. The third-order valence-electron chi connectivity index (χ3n) is 11.0. The molecular formula is C47H59N3O8. The smallest absolute Gasteiger partial charge is 0.407 e. The zero-order valence-electron chi connectivity index (χ0n) is 33.8. The lowest BCUT2D eigenvalue weighted by molar-refractivity contribution is -0.137. The number of carboxylic acids is 1. The maximum absolute atomic E-state index is 14.1. The number of aryl methyl sites for hydroxylation is 1. The molecule has 0 radical (unpaired) electrons. The van der Waals surface area contributed by atoms with Crippen LogP contribution in [0.15, 0.2) is 103 Å². The van der Waals surface area contributed by atoms with Crippen molar-refractivity contribution in [3.8, 4) is 0 Å². The first-order valence-electron chi connectivity index (χ1n) is 20.4. The molecule has 0 spiro atoms. The van der Waals surface area contributed by atoms with E-state index in [-0.39, 0.29) is 43.0 Å². The number of anilines is 1. The number of nitrogens with zero attached hydrogens (tertiary/aromatic N) is 1. The molecule has 5 rings (SSSR count). The van der Waals surface area contributed by atoms with E-state index in [1.165, 1.54) is 0 Å². The summed E-state index contributed by atoms with van der Waals surface area (Å²) in [5.74, 6) is -2.69. The number of hydrogen-bond donors (Lipinski definition) is 6. The minimum Gasteiger partial charge on any atom is -0.481 e. The Kier molecular flexibility index (Phi) is 16.0. The van der Waals surface area contributed by atoms with Crippen LogP contribution >= 0.6 is 0 Å². The summed E-state index contributed by atoms with van der Waals surface area (Å²) in [6.07, 6.45) is 8.81. The second-order valence-electron chi connectivity index (χ2n) is 16.6. The van der Waals surface area contributed by atoms with E-state index in [4.69, 9.17) is 4.74 Å². The number of fused-ring (bicyclic) bond motifs is 1. The Hall–Kier alpha value is -5.10. The van der Waals surface area contributed by atoms with Gasteiger partial charge in [-0.15, -0.1) is 0 Å². The zero-order valence-corrected chi connectivity index (χ0v) is 33.8. The molecule has 7 atom stereocenters. The van der Waals surface area contributed by atoms with Gasteiger partial charge in [-0.25, -0.2) is 4.79 Å². The van der Waals surface area contributed by atoms with Crippen LogP contribution < -0.4 is 10.6 Å². The summed E-state index contributed by atoms with van der Waals surface area (Å²) in [5, 5.41) is 49.9. The molecule has 1 aliphatic carbocycles. The molecule has 3 aromatic carbocycles. The van der Waals surface area contributed by atoms with Crippen LogP contribution in [0.3, 0.4) is 0 Å². The first-order valence-corrected chi connectivity index (χ1v) is 20.4. The third-order valence-corrected chi connectivity index (χ3v) is 11.0. The van der Waals surface area contributed by atoms with Gasteiger partial charge in [0.1, 0.15) is 5.60 Å². The van der Waals surface area contributed by atoms with Crippen molar-refractivity contribution in [2.45, 2.75) is 108 Å². The zero-order chi connectivity index (χ0) is 41.7. The Morgan fingerprint density at radius 1 is 0.914 bits per heavy atom. The van der Waals surface area contributed by atoms with E-state index >= 15 is 0 Å². The highest BCUT2D eigenvalue weighted by Crippen LogP contribution is 2.39. The van der Waals surface area contributed by atoms with E-state index in [0.717, 1.165) is 28.3 Å². The summed E-state index contributed by atoms with van der Waals surface area (Å²) in [4.78, 5) is 42.9. The molecule has 4 aromatic rings. The van der Waals surface area contributed by atoms with Gasteiger partial charge in [0.2, 0.25) is 5.91 Å². The lowest BCUT2D eigenvalue weighted by atomic mass is 9.84. The number of nitrogens with one attached hydrogen (secondary N) is 2. The van der Waals surface area contributed by atoms with Crippen molar-refractivity contribution in [3.63, 3.8) is 0 Å². The number of aliphatic hydroxyl groups is 3. The van der Waals surface area contributed by atoms with E-state index in [1.54, 1.807) is 39.2 Å². The van der Waals surface area contributed by atoms with Gasteiger partial charge >= 0.3 is 12.1 Å². The quantitative estimate of drug-likeness (QED) is 0.0522. The molecule has 1 heterocycles. The molecule has 0 saturated heterocycles. The summed E-state index contributed by atoms with van der Waals surface area (Å²) in [6, 6.07) is 24.9. The van der Waals surface area contributed by atoms with Gasteiger partial charge < -0.3 is 35.8 Å². The van der Waals surface area contributed by atoms with Crippen molar-refractivity contribution in [1.82, 2.24) is 10.3 Å². The number of pyridine rings is 1. The number of amides is 2. The van der Waals surface area contributed by atoms with E-state index in [9.17, 15) is 34.8 Å². The maximum atomic E-state index is 14.1. The summed E-state index contributed by atoms with van der Waals surface area (Å²) >= 11 is 0. The summed E-state index contributed by atoms with van der Waals surface area (Å²) < 4.78 is 5.48. The minimum absolute atomic E-state index is 0.0465. The fraction of sp³-hybridized carbons (Fsp3) is 0.447. The first-order chi connectivity index (χ1) is 27.8. The molecule has 1 aliphatic rings. The third kappa shape index (κ3) is 13.5. The van der Waals surface area contributed by atoms with Crippen molar-refractivity contribution in [1.29, 1.82) is 0 Å².